The topological polar surface area (TPSA) is 29.1 Å². The van der Waals surface area contributed by atoms with Gasteiger partial charge in [0.2, 0.25) is 5.91 Å². The zero-order valence-corrected chi connectivity index (χ0v) is 10.8. The summed E-state index contributed by atoms with van der Waals surface area (Å²) >= 11 is 5.88. The van der Waals surface area contributed by atoms with Crippen molar-refractivity contribution >= 4 is 17.5 Å². The number of rotatable bonds is 3. The maximum atomic E-state index is 11.3. The normalized spacial score (nSPS) is 11.9. The predicted molar refractivity (Wildman–Crippen MR) is 73.6 cm³/mol. The van der Waals surface area contributed by atoms with E-state index in [0.29, 0.717) is 5.02 Å². The summed E-state index contributed by atoms with van der Waals surface area (Å²) in [6, 6.07) is 17.2. The van der Waals surface area contributed by atoms with E-state index >= 15 is 0 Å². The number of amides is 1. The standard InChI is InChI=1S/C15H14ClNO/c1-11(18)17-15(12-5-3-2-4-6-12)13-7-9-14(16)10-8-13/h2-10,15H,1H3,(H,17,18)/t15-/m0/s1. The number of hydrogen-bond donors (Lipinski definition) is 1. The van der Waals surface area contributed by atoms with Gasteiger partial charge in [-0.1, -0.05) is 54.1 Å². The molecule has 1 amide bonds. The Hall–Kier alpha value is -1.80. The second kappa shape index (κ2) is 5.69. The van der Waals surface area contributed by atoms with Crippen LogP contribution >= 0.6 is 11.6 Å². The molecule has 0 fully saturated rings. The van der Waals surface area contributed by atoms with Crippen LogP contribution in [0.25, 0.3) is 0 Å². The van der Waals surface area contributed by atoms with E-state index in [9.17, 15) is 4.79 Å². The zero-order valence-electron chi connectivity index (χ0n) is 10.1. The molecular formula is C15H14ClNO. The number of carbonyl (C=O) groups excluding carboxylic acids is 1. The van der Waals surface area contributed by atoms with Crippen molar-refractivity contribution in [2.45, 2.75) is 13.0 Å². The van der Waals surface area contributed by atoms with Crippen LogP contribution in [-0.4, -0.2) is 5.91 Å². The summed E-state index contributed by atoms with van der Waals surface area (Å²) in [5, 5.41) is 3.64. The quantitative estimate of drug-likeness (QED) is 0.897. The molecule has 1 atom stereocenters. The van der Waals surface area contributed by atoms with Crippen molar-refractivity contribution in [3.63, 3.8) is 0 Å². The van der Waals surface area contributed by atoms with Gasteiger partial charge in [-0.2, -0.15) is 0 Å². The zero-order chi connectivity index (χ0) is 13.0. The van der Waals surface area contributed by atoms with Gasteiger partial charge in [-0.3, -0.25) is 4.79 Å². The maximum absolute atomic E-state index is 11.3. The van der Waals surface area contributed by atoms with Crippen LogP contribution < -0.4 is 5.32 Å². The molecule has 0 aliphatic heterocycles. The van der Waals surface area contributed by atoms with Crippen LogP contribution in [0.4, 0.5) is 0 Å². The fraction of sp³-hybridized carbons (Fsp3) is 0.133. The average molecular weight is 260 g/mol. The van der Waals surface area contributed by atoms with Crippen LogP contribution in [0.1, 0.15) is 24.1 Å². The van der Waals surface area contributed by atoms with Gasteiger partial charge in [-0.15, -0.1) is 0 Å². The molecule has 0 spiro atoms. The van der Waals surface area contributed by atoms with Gasteiger partial charge in [-0.05, 0) is 23.3 Å². The maximum Gasteiger partial charge on any atom is 0.217 e. The van der Waals surface area contributed by atoms with Crippen molar-refractivity contribution in [1.29, 1.82) is 0 Å². The lowest BCUT2D eigenvalue weighted by atomic mass is 9.99. The lowest BCUT2D eigenvalue weighted by Gasteiger charge is -2.19. The molecule has 92 valence electrons. The second-order valence-electron chi connectivity index (χ2n) is 4.10. The Kier molecular flexibility index (Phi) is 4.00. The summed E-state index contributed by atoms with van der Waals surface area (Å²) in [6.07, 6.45) is 0. The molecular weight excluding hydrogens is 246 g/mol. The molecule has 0 heterocycles. The number of benzene rings is 2. The van der Waals surface area contributed by atoms with Crippen LogP contribution in [-0.2, 0) is 4.79 Å². The fourth-order valence-electron chi connectivity index (χ4n) is 1.86. The Morgan fingerprint density at radius 1 is 1.00 bits per heavy atom. The average Bonchev–Trinajstić information content (AvgIpc) is 2.38. The molecule has 0 saturated heterocycles. The highest BCUT2D eigenvalue weighted by atomic mass is 35.5. The first-order chi connectivity index (χ1) is 8.66. The highest BCUT2D eigenvalue weighted by molar-refractivity contribution is 6.30. The van der Waals surface area contributed by atoms with Crippen LogP contribution in [0, 0.1) is 0 Å². The monoisotopic (exact) mass is 259 g/mol. The van der Waals surface area contributed by atoms with Crippen LogP contribution in [0.5, 0.6) is 0 Å². The van der Waals surface area contributed by atoms with Crippen molar-refractivity contribution in [3.8, 4) is 0 Å². The molecule has 0 saturated carbocycles. The Bertz CT molecular complexity index is 522. The van der Waals surface area contributed by atoms with Crippen molar-refractivity contribution in [2.24, 2.45) is 0 Å². The minimum Gasteiger partial charge on any atom is -0.345 e. The van der Waals surface area contributed by atoms with Crippen LogP contribution in [0.3, 0.4) is 0 Å². The van der Waals surface area contributed by atoms with Crippen molar-refractivity contribution in [3.05, 3.63) is 70.7 Å². The molecule has 0 unspecified atom stereocenters. The van der Waals surface area contributed by atoms with Gasteiger partial charge in [0.15, 0.2) is 0 Å². The molecule has 2 rings (SSSR count). The molecule has 0 aromatic heterocycles. The van der Waals surface area contributed by atoms with Gasteiger partial charge in [0.1, 0.15) is 0 Å². The Labute approximate surface area is 112 Å². The van der Waals surface area contributed by atoms with Gasteiger partial charge in [0.05, 0.1) is 6.04 Å². The van der Waals surface area contributed by atoms with E-state index in [1.54, 1.807) is 0 Å². The van der Waals surface area contributed by atoms with Gasteiger partial charge < -0.3 is 5.32 Å². The van der Waals surface area contributed by atoms with Crippen LogP contribution in [0.15, 0.2) is 54.6 Å². The van der Waals surface area contributed by atoms with Gasteiger partial charge in [0, 0.05) is 11.9 Å². The molecule has 1 N–H and O–H groups in total. The van der Waals surface area contributed by atoms with Gasteiger partial charge in [-0.25, -0.2) is 0 Å². The molecule has 0 radical (unpaired) electrons. The van der Waals surface area contributed by atoms with E-state index in [0.717, 1.165) is 11.1 Å². The Morgan fingerprint density at radius 2 is 1.56 bits per heavy atom. The Balaban J connectivity index is 2.36. The predicted octanol–water partition coefficient (Wildman–Crippen LogP) is 3.57. The molecule has 0 aliphatic rings. The number of halogens is 1. The molecule has 2 aromatic rings. The minimum absolute atomic E-state index is 0.0567. The summed E-state index contributed by atoms with van der Waals surface area (Å²) in [5.74, 6) is -0.0567. The molecule has 2 nitrogen and oxygen atoms in total. The molecule has 0 aliphatic carbocycles. The Morgan fingerprint density at radius 3 is 2.11 bits per heavy atom. The summed E-state index contributed by atoms with van der Waals surface area (Å²) in [5.41, 5.74) is 2.07. The van der Waals surface area contributed by atoms with E-state index in [-0.39, 0.29) is 11.9 Å². The smallest absolute Gasteiger partial charge is 0.217 e. The van der Waals surface area contributed by atoms with E-state index in [2.05, 4.69) is 5.32 Å². The third kappa shape index (κ3) is 3.11. The lowest BCUT2D eigenvalue weighted by Crippen LogP contribution is -2.26. The summed E-state index contributed by atoms with van der Waals surface area (Å²) in [4.78, 5) is 11.3. The largest absolute Gasteiger partial charge is 0.345 e. The molecule has 18 heavy (non-hydrogen) atoms. The van der Waals surface area contributed by atoms with Crippen LogP contribution in [0.2, 0.25) is 5.02 Å². The van der Waals surface area contributed by atoms with Gasteiger partial charge >= 0.3 is 0 Å². The van der Waals surface area contributed by atoms with Crippen molar-refractivity contribution < 1.29 is 4.79 Å². The van der Waals surface area contributed by atoms with Gasteiger partial charge in [0.25, 0.3) is 0 Å². The van der Waals surface area contributed by atoms with E-state index in [1.807, 2.05) is 54.6 Å². The summed E-state index contributed by atoms with van der Waals surface area (Å²) in [6.45, 7) is 1.52. The number of hydrogen-bond acceptors (Lipinski definition) is 1. The van der Waals surface area contributed by atoms with Crippen molar-refractivity contribution in [1.82, 2.24) is 5.32 Å². The number of nitrogens with one attached hydrogen (secondary N) is 1. The van der Waals surface area contributed by atoms with E-state index < -0.39 is 0 Å². The third-order valence-corrected chi connectivity index (χ3v) is 2.94. The fourth-order valence-corrected chi connectivity index (χ4v) is 1.99. The molecule has 2 aromatic carbocycles. The van der Waals surface area contributed by atoms with E-state index in [4.69, 9.17) is 11.6 Å². The summed E-state index contributed by atoms with van der Waals surface area (Å²) in [7, 11) is 0. The highest BCUT2D eigenvalue weighted by Crippen LogP contribution is 2.23. The highest BCUT2D eigenvalue weighted by Gasteiger charge is 2.14. The second-order valence-corrected chi connectivity index (χ2v) is 4.53. The molecule has 3 heteroatoms. The first-order valence-corrected chi connectivity index (χ1v) is 6.12. The van der Waals surface area contributed by atoms with E-state index in [1.165, 1.54) is 6.92 Å². The minimum atomic E-state index is -0.138. The SMILES string of the molecule is CC(=O)N[C@@H](c1ccccc1)c1ccc(Cl)cc1. The number of carbonyl (C=O) groups is 1. The van der Waals surface area contributed by atoms with Crippen molar-refractivity contribution in [2.75, 3.05) is 0 Å². The first kappa shape index (κ1) is 12.7. The molecule has 0 bridgehead atoms. The first-order valence-electron chi connectivity index (χ1n) is 5.74. The summed E-state index contributed by atoms with van der Waals surface area (Å²) < 4.78 is 0. The lowest BCUT2D eigenvalue weighted by molar-refractivity contribution is -0.119. The third-order valence-electron chi connectivity index (χ3n) is 2.68.